The van der Waals surface area contributed by atoms with E-state index in [1.54, 1.807) is 0 Å². The Hall–Kier alpha value is -1.10. The highest BCUT2D eigenvalue weighted by Crippen LogP contribution is 2.42. The number of carbonyl (C=O) groups excluding carboxylic acids is 1. The summed E-state index contributed by atoms with van der Waals surface area (Å²) in [5, 5.41) is 8.95. The molecule has 3 aliphatic rings. The van der Waals surface area contributed by atoms with Crippen molar-refractivity contribution in [2.75, 3.05) is 6.61 Å². The topological polar surface area (TPSA) is 66.8 Å². The lowest BCUT2D eigenvalue weighted by Crippen LogP contribution is -2.54. The molecule has 3 aliphatic heterocycles. The van der Waals surface area contributed by atoms with Crippen molar-refractivity contribution in [3.05, 3.63) is 0 Å². The van der Waals surface area contributed by atoms with Gasteiger partial charge in [0.2, 0.25) is 0 Å². The van der Waals surface area contributed by atoms with E-state index < -0.39 is 11.6 Å². The van der Waals surface area contributed by atoms with E-state index in [1.807, 2.05) is 11.8 Å². The van der Waals surface area contributed by atoms with Gasteiger partial charge in [0, 0.05) is 25.1 Å². The summed E-state index contributed by atoms with van der Waals surface area (Å²) in [6.07, 6.45) is 5.70. The fraction of sp³-hybridized carbons (Fsp3) is 0.867. The first kappa shape index (κ1) is 13.9. The number of hydrogen-bond acceptors (Lipinski definition) is 3. The van der Waals surface area contributed by atoms with Crippen molar-refractivity contribution in [1.29, 1.82) is 0 Å². The van der Waals surface area contributed by atoms with Crippen LogP contribution in [-0.4, -0.2) is 46.2 Å². The van der Waals surface area contributed by atoms with Crippen molar-refractivity contribution in [3.63, 3.8) is 0 Å². The first-order valence-electron chi connectivity index (χ1n) is 7.68. The summed E-state index contributed by atoms with van der Waals surface area (Å²) < 4.78 is 5.69. The quantitative estimate of drug-likeness (QED) is 0.856. The molecule has 3 rings (SSSR count). The van der Waals surface area contributed by atoms with Crippen LogP contribution in [0.25, 0.3) is 0 Å². The van der Waals surface area contributed by atoms with Crippen LogP contribution in [0.5, 0.6) is 0 Å². The normalized spacial score (nSPS) is 40.0. The smallest absolute Gasteiger partial charge is 0.303 e. The highest BCUT2D eigenvalue weighted by molar-refractivity contribution is 5.86. The van der Waals surface area contributed by atoms with Gasteiger partial charge < -0.3 is 14.7 Å². The average Bonchev–Trinajstić information content (AvgIpc) is 2.92. The van der Waals surface area contributed by atoms with Gasteiger partial charge in [-0.1, -0.05) is 0 Å². The number of rotatable bonds is 3. The third-order valence-corrected chi connectivity index (χ3v) is 5.20. The highest BCUT2D eigenvalue weighted by atomic mass is 16.5. The number of carbonyl (C=O) groups is 2. The number of carboxylic acids is 1. The number of fused-ring (bicyclic) bond motifs is 2. The molecule has 1 amide bonds. The van der Waals surface area contributed by atoms with Gasteiger partial charge in [0.15, 0.2) is 0 Å². The molecule has 2 bridgehead atoms. The lowest BCUT2D eigenvalue weighted by atomic mass is 9.86. The van der Waals surface area contributed by atoms with E-state index >= 15 is 0 Å². The maximum atomic E-state index is 12.8. The standard InChI is InChI=1S/C15H23NO4/c1-15(5-2-6-20-15)14(19)16-11-3-4-12(16)8-10(7-11)9-13(17)18/h10-12H,2-9H2,1H3,(H,17,18). The Kier molecular flexibility index (Phi) is 3.48. The van der Waals surface area contributed by atoms with Crippen LogP contribution in [0.2, 0.25) is 0 Å². The molecule has 0 aromatic carbocycles. The zero-order valence-electron chi connectivity index (χ0n) is 12.0. The molecule has 0 aromatic heterocycles. The predicted octanol–water partition coefficient (Wildman–Crippen LogP) is 1.80. The van der Waals surface area contributed by atoms with E-state index in [-0.39, 0.29) is 30.3 Å². The largest absolute Gasteiger partial charge is 0.481 e. The zero-order chi connectivity index (χ0) is 14.3. The number of ether oxygens (including phenoxy) is 1. The van der Waals surface area contributed by atoms with E-state index in [4.69, 9.17) is 9.84 Å². The van der Waals surface area contributed by atoms with Crippen LogP contribution in [0.15, 0.2) is 0 Å². The molecule has 20 heavy (non-hydrogen) atoms. The second-order valence-corrected chi connectivity index (χ2v) is 6.72. The van der Waals surface area contributed by atoms with E-state index in [0.717, 1.165) is 38.5 Å². The van der Waals surface area contributed by atoms with Crippen molar-refractivity contribution in [3.8, 4) is 0 Å². The van der Waals surface area contributed by atoms with Crippen LogP contribution >= 0.6 is 0 Å². The minimum absolute atomic E-state index is 0.135. The molecule has 112 valence electrons. The van der Waals surface area contributed by atoms with E-state index in [2.05, 4.69) is 0 Å². The lowest BCUT2D eigenvalue weighted by molar-refractivity contribution is -0.156. The Morgan fingerprint density at radius 3 is 2.45 bits per heavy atom. The molecular weight excluding hydrogens is 258 g/mol. The van der Waals surface area contributed by atoms with Crippen LogP contribution < -0.4 is 0 Å². The maximum absolute atomic E-state index is 12.8. The number of aliphatic carboxylic acids is 1. The van der Waals surface area contributed by atoms with Gasteiger partial charge in [0.25, 0.3) is 5.91 Å². The van der Waals surface area contributed by atoms with Gasteiger partial charge in [0.05, 0.1) is 0 Å². The molecule has 0 radical (unpaired) electrons. The summed E-state index contributed by atoms with van der Waals surface area (Å²) in [6.45, 7) is 2.58. The van der Waals surface area contributed by atoms with E-state index in [9.17, 15) is 9.59 Å². The van der Waals surface area contributed by atoms with Crippen LogP contribution in [-0.2, 0) is 14.3 Å². The third-order valence-electron chi connectivity index (χ3n) is 5.20. The van der Waals surface area contributed by atoms with Gasteiger partial charge in [-0.3, -0.25) is 9.59 Å². The van der Waals surface area contributed by atoms with Crippen molar-refractivity contribution in [1.82, 2.24) is 4.90 Å². The fourth-order valence-electron chi connectivity index (χ4n) is 4.26. The highest BCUT2D eigenvalue weighted by Gasteiger charge is 2.49. The summed E-state index contributed by atoms with van der Waals surface area (Å²) in [7, 11) is 0. The molecule has 0 saturated carbocycles. The molecule has 3 atom stereocenters. The number of amides is 1. The fourth-order valence-corrected chi connectivity index (χ4v) is 4.26. The molecule has 3 heterocycles. The zero-order valence-corrected chi connectivity index (χ0v) is 12.0. The Morgan fingerprint density at radius 2 is 1.95 bits per heavy atom. The number of carboxylic acid groups (broad SMARTS) is 1. The summed E-state index contributed by atoms with van der Waals surface area (Å²) in [4.78, 5) is 25.7. The molecule has 0 aliphatic carbocycles. The van der Waals surface area contributed by atoms with Crippen LogP contribution in [0, 0.1) is 5.92 Å². The first-order chi connectivity index (χ1) is 9.49. The molecule has 0 spiro atoms. The van der Waals surface area contributed by atoms with Crippen LogP contribution in [0.3, 0.4) is 0 Å². The molecule has 3 fully saturated rings. The minimum Gasteiger partial charge on any atom is -0.481 e. The second-order valence-electron chi connectivity index (χ2n) is 6.72. The number of nitrogens with zero attached hydrogens (tertiary/aromatic N) is 1. The SMILES string of the molecule is CC1(C(=O)N2C3CCC2CC(CC(=O)O)C3)CCCO1. The molecule has 5 heteroatoms. The number of hydrogen-bond donors (Lipinski definition) is 1. The summed E-state index contributed by atoms with van der Waals surface area (Å²) in [5.41, 5.74) is -0.638. The summed E-state index contributed by atoms with van der Waals surface area (Å²) in [5.74, 6) is -0.358. The van der Waals surface area contributed by atoms with Gasteiger partial charge in [-0.25, -0.2) is 0 Å². The molecule has 3 saturated heterocycles. The van der Waals surface area contributed by atoms with Gasteiger partial charge >= 0.3 is 5.97 Å². The van der Waals surface area contributed by atoms with E-state index in [0.29, 0.717) is 6.61 Å². The molecule has 0 aromatic rings. The number of piperidine rings is 1. The maximum Gasteiger partial charge on any atom is 0.303 e. The second kappa shape index (κ2) is 5.02. The van der Waals surface area contributed by atoms with E-state index in [1.165, 1.54) is 0 Å². The lowest BCUT2D eigenvalue weighted by Gasteiger charge is -2.42. The van der Waals surface area contributed by atoms with Gasteiger partial charge in [-0.15, -0.1) is 0 Å². The summed E-state index contributed by atoms with van der Waals surface area (Å²) in [6, 6.07) is 0.457. The van der Waals surface area contributed by atoms with Gasteiger partial charge in [-0.05, 0) is 51.4 Å². The van der Waals surface area contributed by atoms with Gasteiger partial charge in [0.1, 0.15) is 5.60 Å². The minimum atomic E-state index is -0.722. The Bertz CT molecular complexity index is 402. The predicted molar refractivity (Wildman–Crippen MR) is 72.2 cm³/mol. The summed E-state index contributed by atoms with van der Waals surface area (Å²) >= 11 is 0. The molecular formula is C15H23NO4. The first-order valence-corrected chi connectivity index (χ1v) is 7.68. The molecule has 3 unspecified atom stereocenters. The monoisotopic (exact) mass is 281 g/mol. The average molecular weight is 281 g/mol. The third kappa shape index (κ3) is 2.32. The Labute approximate surface area is 119 Å². The van der Waals surface area contributed by atoms with Gasteiger partial charge in [-0.2, -0.15) is 0 Å². The van der Waals surface area contributed by atoms with Crippen LogP contribution in [0.4, 0.5) is 0 Å². The van der Waals surface area contributed by atoms with Crippen molar-refractivity contribution < 1.29 is 19.4 Å². The Balaban J connectivity index is 1.70. The van der Waals surface area contributed by atoms with Crippen LogP contribution in [0.1, 0.15) is 51.9 Å². The van der Waals surface area contributed by atoms with Crippen molar-refractivity contribution >= 4 is 11.9 Å². The molecule has 1 N–H and O–H groups in total. The molecule has 5 nitrogen and oxygen atoms in total. The van der Waals surface area contributed by atoms with Crippen molar-refractivity contribution in [2.45, 2.75) is 69.6 Å². The Morgan fingerprint density at radius 1 is 1.30 bits per heavy atom. The van der Waals surface area contributed by atoms with Crippen molar-refractivity contribution in [2.24, 2.45) is 5.92 Å².